The van der Waals surface area contributed by atoms with Gasteiger partial charge in [-0.2, -0.15) is 0 Å². The molecule has 2 saturated carbocycles. The van der Waals surface area contributed by atoms with E-state index in [9.17, 15) is 9.90 Å². The van der Waals surface area contributed by atoms with Crippen LogP contribution in [0.4, 0.5) is 0 Å². The molecule has 4 N–H and O–H groups in total. The number of carbonyl (C=O) groups excluding carboxylic acids is 1. The van der Waals surface area contributed by atoms with Crippen LogP contribution in [0.1, 0.15) is 59.6 Å². The Hall–Kier alpha value is -2.23. The quantitative estimate of drug-likeness (QED) is 0.453. The maximum atomic E-state index is 12.7. The highest BCUT2D eigenvalue weighted by Gasteiger charge is 2.47. The number of amides is 1. The van der Waals surface area contributed by atoms with Crippen LogP contribution in [0.3, 0.4) is 0 Å². The molecular weight excluding hydrogens is 386 g/mol. The molecule has 0 radical (unpaired) electrons. The normalized spacial score (nSPS) is 26.3. The highest BCUT2D eigenvalue weighted by Crippen LogP contribution is 2.42. The standard InChI is InChI=1S/C21H31N5O4/c1-11-15(12(2)30-26-11)9-23-16-8-14(21(28)22-6-7-29-3)19(27)18(16)17-10-24-20(25-17)13-4-5-13/h10,13-14,16,18-19,23,27H,4-9H2,1-3H3,(H,22,28)(H,24,25)/t14-,16+,18+,19+/m0/s1. The van der Waals surface area contributed by atoms with Crippen LogP contribution in [0.25, 0.3) is 0 Å². The lowest BCUT2D eigenvalue weighted by Gasteiger charge is -2.22. The number of aryl methyl sites for hydroxylation is 2. The van der Waals surface area contributed by atoms with Gasteiger partial charge in [0, 0.05) is 55.5 Å². The van der Waals surface area contributed by atoms with E-state index in [0.717, 1.165) is 41.4 Å². The molecule has 0 unspecified atom stereocenters. The van der Waals surface area contributed by atoms with Gasteiger partial charge in [0.15, 0.2) is 0 Å². The van der Waals surface area contributed by atoms with Gasteiger partial charge in [-0.15, -0.1) is 0 Å². The average molecular weight is 418 g/mol. The predicted octanol–water partition coefficient (Wildman–Crippen LogP) is 1.28. The molecule has 0 aliphatic heterocycles. The smallest absolute Gasteiger partial charge is 0.225 e. The number of aromatic amines is 1. The average Bonchev–Trinajstić information content (AvgIpc) is 3.25. The number of aliphatic hydroxyl groups is 1. The summed E-state index contributed by atoms with van der Waals surface area (Å²) in [5, 5.41) is 21.5. The van der Waals surface area contributed by atoms with Gasteiger partial charge in [-0.3, -0.25) is 4.79 Å². The van der Waals surface area contributed by atoms with Gasteiger partial charge >= 0.3 is 0 Å². The molecule has 2 aliphatic rings. The monoisotopic (exact) mass is 417 g/mol. The van der Waals surface area contributed by atoms with Gasteiger partial charge in [0.1, 0.15) is 11.6 Å². The van der Waals surface area contributed by atoms with Crippen LogP contribution in [0, 0.1) is 19.8 Å². The molecule has 2 aliphatic carbocycles. The van der Waals surface area contributed by atoms with Crippen LogP contribution in [0.2, 0.25) is 0 Å². The summed E-state index contributed by atoms with van der Waals surface area (Å²) in [6.07, 6.45) is 3.85. The molecule has 4 rings (SSSR count). The molecule has 0 saturated heterocycles. The fraction of sp³-hybridized carbons (Fsp3) is 0.667. The lowest BCUT2D eigenvalue weighted by Crippen LogP contribution is -2.37. The van der Waals surface area contributed by atoms with Gasteiger partial charge in [0.2, 0.25) is 5.91 Å². The van der Waals surface area contributed by atoms with E-state index in [1.807, 2.05) is 20.0 Å². The van der Waals surface area contributed by atoms with Gasteiger partial charge in [-0.25, -0.2) is 4.98 Å². The zero-order valence-electron chi connectivity index (χ0n) is 17.8. The number of methoxy groups -OCH3 is 1. The number of carbonyl (C=O) groups is 1. The Balaban J connectivity index is 1.51. The van der Waals surface area contributed by atoms with Crippen LogP contribution < -0.4 is 10.6 Å². The van der Waals surface area contributed by atoms with Crippen molar-refractivity contribution in [2.75, 3.05) is 20.3 Å². The number of rotatable bonds is 9. The first-order valence-corrected chi connectivity index (χ1v) is 10.6. The van der Waals surface area contributed by atoms with Gasteiger partial charge in [-0.05, 0) is 33.1 Å². The van der Waals surface area contributed by atoms with E-state index >= 15 is 0 Å². The first-order valence-electron chi connectivity index (χ1n) is 10.6. The number of H-pyrrole nitrogens is 1. The number of aromatic nitrogens is 3. The molecule has 164 valence electrons. The van der Waals surface area contributed by atoms with Crippen molar-refractivity contribution >= 4 is 5.91 Å². The third-order valence-electron chi connectivity index (χ3n) is 6.32. The van der Waals surface area contributed by atoms with Gasteiger partial charge < -0.3 is 30.0 Å². The minimum atomic E-state index is -0.804. The zero-order chi connectivity index (χ0) is 21.3. The Morgan fingerprint density at radius 1 is 1.40 bits per heavy atom. The van der Waals surface area contributed by atoms with Crippen LogP contribution in [-0.4, -0.2) is 58.5 Å². The van der Waals surface area contributed by atoms with Crippen molar-refractivity contribution in [1.29, 1.82) is 0 Å². The third kappa shape index (κ3) is 4.28. The Labute approximate surface area is 176 Å². The van der Waals surface area contributed by atoms with Crippen LogP contribution in [-0.2, 0) is 16.1 Å². The molecule has 2 fully saturated rings. The maximum Gasteiger partial charge on any atom is 0.225 e. The summed E-state index contributed by atoms with van der Waals surface area (Å²) in [5.74, 6) is 1.37. The number of ether oxygens (including phenoxy) is 1. The molecule has 9 nitrogen and oxygen atoms in total. The summed E-state index contributed by atoms with van der Waals surface area (Å²) in [5.41, 5.74) is 2.74. The molecule has 2 aromatic rings. The summed E-state index contributed by atoms with van der Waals surface area (Å²) in [6.45, 7) is 5.24. The summed E-state index contributed by atoms with van der Waals surface area (Å²) in [6, 6.07) is -0.0839. The SMILES string of the molecule is COCCNC(=O)[C@H]1C[C@@H](NCc2c(C)noc2C)[C@H](c2cnc(C3CC3)[nH]2)[C@@H]1O. The van der Waals surface area contributed by atoms with E-state index in [-0.39, 0.29) is 17.9 Å². The number of nitrogens with zero attached hydrogens (tertiary/aromatic N) is 2. The highest BCUT2D eigenvalue weighted by atomic mass is 16.5. The van der Waals surface area contributed by atoms with Crippen LogP contribution >= 0.6 is 0 Å². The lowest BCUT2D eigenvalue weighted by atomic mass is 9.96. The van der Waals surface area contributed by atoms with E-state index < -0.39 is 12.0 Å². The molecule has 2 heterocycles. The van der Waals surface area contributed by atoms with Crippen molar-refractivity contribution in [2.24, 2.45) is 5.92 Å². The van der Waals surface area contributed by atoms with Gasteiger partial charge in [0.25, 0.3) is 0 Å². The number of hydrogen-bond acceptors (Lipinski definition) is 7. The van der Waals surface area contributed by atoms with Crippen LogP contribution in [0.15, 0.2) is 10.7 Å². The summed E-state index contributed by atoms with van der Waals surface area (Å²) >= 11 is 0. The number of imidazole rings is 1. The zero-order valence-corrected chi connectivity index (χ0v) is 17.8. The minimum Gasteiger partial charge on any atom is -0.392 e. The lowest BCUT2D eigenvalue weighted by molar-refractivity contribution is -0.127. The third-order valence-corrected chi connectivity index (χ3v) is 6.32. The van der Waals surface area contributed by atoms with Crippen molar-refractivity contribution in [3.05, 3.63) is 34.7 Å². The molecule has 9 heteroatoms. The van der Waals surface area contributed by atoms with Crippen molar-refractivity contribution in [1.82, 2.24) is 25.8 Å². The van der Waals surface area contributed by atoms with Crippen molar-refractivity contribution in [3.63, 3.8) is 0 Å². The molecular formula is C21H31N5O4. The molecule has 0 spiro atoms. The summed E-state index contributed by atoms with van der Waals surface area (Å²) in [7, 11) is 1.59. The highest BCUT2D eigenvalue weighted by molar-refractivity contribution is 5.80. The number of aliphatic hydroxyl groups excluding tert-OH is 1. The topological polar surface area (TPSA) is 125 Å². The first kappa shape index (κ1) is 21.0. The van der Waals surface area contributed by atoms with E-state index in [1.165, 1.54) is 0 Å². The molecule has 1 amide bonds. The minimum absolute atomic E-state index is 0.0839. The fourth-order valence-corrected chi connectivity index (χ4v) is 4.40. The van der Waals surface area contributed by atoms with E-state index in [2.05, 4.69) is 25.8 Å². The first-order chi connectivity index (χ1) is 14.5. The largest absolute Gasteiger partial charge is 0.392 e. The van der Waals surface area contributed by atoms with E-state index in [1.54, 1.807) is 7.11 Å². The second-order valence-corrected chi connectivity index (χ2v) is 8.43. The number of nitrogens with one attached hydrogen (secondary N) is 3. The van der Waals surface area contributed by atoms with E-state index in [4.69, 9.17) is 9.26 Å². The van der Waals surface area contributed by atoms with Crippen molar-refractivity contribution < 1.29 is 19.2 Å². The molecule has 30 heavy (non-hydrogen) atoms. The molecule has 0 aromatic carbocycles. The Kier molecular flexibility index (Phi) is 6.21. The molecule has 0 bridgehead atoms. The molecule has 4 atom stereocenters. The Morgan fingerprint density at radius 2 is 2.20 bits per heavy atom. The Bertz CT molecular complexity index is 855. The van der Waals surface area contributed by atoms with Crippen molar-refractivity contribution in [3.8, 4) is 0 Å². The second kappa shape index (κ2) is 8.87. The summed E-state index contributed by atoms with van der Waals surface area (Å²) in [4.78, 5) is 20.6. The van der Waals surface area contributed by atoms with E-state index in [0.29, 0.717) is 32.0 Å². The Morgan fingerprint density at radius 3 is 2.87 bits per heavy atom. The molecule has 2 aromatic heterocycles. The maximum absolute atomic E-state index is 12.7. The van der Waals surface area contributed by atoms with Crippen molar-refractivity contribution in [2.45, 2.75) is 63.6 Å². The second-order valence-electron chi connectivity index (χ2n) is 8.43. The van der Waals surface area contributed by atoms with Crippen LogP contribution in [0.5, 0.6) is 0 Å². The summed E-state index contributed by atoms with van der Waals surface area (Å²) < 4.78 is 10.3. The number of hydrogen-bond donors (Lipinski definition) is 4. The van der Waals surface area contributed by atoms with Gasteiger partial charge in [-0.1, -0.05) is 5.16 Å². The predicted molar refractivity (Wildman–Crippen MR) is 109 cm³/mol. The fourth-order valence-electron chi connectivity index (χ4n) is 4.40. The van der Waals surface area contributed by atoms with Gasteiger partial charge in [0.05, 0.1) is 24.3 Å².